The highest BCUT2D eigenvalue weighted by atomic mass is 35.5. The number of hydrogen-bond acceptors (Lipinski definition) is 6. The van der Waals surface area contributed by atoms with Crippen LogP contribution in [-0.2, 0) is 0 Å². The van der Waals surface area contributed by atoms with Crippen molar-refractivity contribution in [3.8, 4) is 11.3 Å². The standard InChI is InChI=1S/C25H22ClN5O2/c26-18-8-9-21(27-15-18)30-10-12-31(13-11-30)25(32)19-14-20(16-6-7-16)28-24-22(19)23(29-33-24)17-4-2-1-3-5-17/h1-5,8-9,14-16H,6-7,10-13H2. The molecule has 7 nitrogen and oxygen atoms in total. The molecule has 0 atom stereocenters. The number of carbonyl (C=O) groups excluding carboxylic acids is 1. The third-order valence-corrected chi connectivity index (χ3v) is 6.57. The molecule has 0 bridgehead atoms. The Hall–Kier alpha value is -3.45. The van der Waals surface area contributed by atoms with Gasteiger partial charge in [-0.2, -0.15) is 0 Å². The lowest BCUT2D eigenvalue weighted by atomic mass is 10.0. The first-order valence-corrected chi connectivity index (χ1v) is 11.6. The van der Waals surface area contributed by atoms with Gasteiger partial charge in [0.1, 0.15) is 11.5 Å². The van der Waals surface area contributed by atoms with Crippen LogP contribution in [0.2, 0.25) is 5.02 Å². The van der Waals surface area contributed by atoms with E-state index in [2.05, 4.69) is 15.0 Å². The molecule has 166 valence electrons. The summed E-state index contributed by atoms with van der Waals surface area (Å²) in [6.45, 7) is 2.63. The van der Waals surface area contributed by atoms with E-state index in [1.807, 2.05) is 53.4 Å². The Morgan fingerprint density at radius 2 is 1.82 bits per heavy atom. The Bertz CT molecular complexity index is 1310. The van der Waals surface area contributed by atoms with Gasteiger partial charge in [0.15, 0.2) is 0 Å². The number of hydrogen-bond donors (Lipinski definition) is 0. The molecule has 33 heavy (non-hydrogen) atoms. The van der Waals surface area contributed by atoms with E-state index in [9.17, 15) is 4.79 Å². The molecule has 3 aromatic heterocycles. The van der Waals surface area contributed by atoms with Crippen molar-refractivity contribution in [2.75, 3.05) is 31.1 Å². The fraction of sp³-hybridized carbons (Fsp3) is 0.280. The molecule has 1 saturated heterocycles. The summed E-state index contributed by atoms with van der Waals surface area (Å²) in [5.74, 6) is 1.27. The SMILES string of the molecule is O=C(c1cc(C2CC2)nc2onc(-c3ccccc3)c12)N1CCN(c2ccc(Cl)cn2)CC1. The first-order valence-electron chi connectivity index (χ1n) is 11.2. The minimum Gasteiger partial charge on any atom is -0.353 e. The zero-order valence-corrected chi connectivity index (χ0v) is 18.7. The zero-order valence-electron chi connectivity index (χ0n) is 17.9. The number of nitrogens with zero attached hydrogens (tertiary/aromatic N) is 5. The normalized spacial score (nSPS) is 16.4. The van der Waals surface area contributed by atoms with Crippen LogP contribution in [0.5, 0.6) is 0 Å². The monoisotopic (exact) mass is 459 g/mol. The maximum Gasteiger partial charge on any atom is 0.259 e. The Morgan fingerprint density at radius 3 is 2.52 bits per heavy atom. The Labute approximate surface area is 196 Å². The van der Waals surface area contributed by atoms with Gasteiger partial charge in [-0.3, -0.25) is 4.79 Å². The van der Waals surface area contributed by atoms with E-state index in [4.69, 9.17) is 21.1 Å². The van der Waals surface area contributed by atoms with Gasteiger partial charge in [0, 0.05) is 49.6 Å². The van der Waals surface area contributed by atoms with Gasteiger partial charge >= 0.3 is 0 Å². The molecule has 8 heteroatoms. The minimum atomic E-state index is -0.00611. The summed E-state index contributed by atoms with van der Waals surface area (Å²) < 4.78 is 5.63. The predicted molar refractivity (Wildman–Crippen MR) is 127 cm³/mol. The molecule has 1 aliphatic heterocycles. The van der Waals surface area contributed by atoms with Gasteiger partial charge in [0.05, 0.1) is 16.0 Å². The molecule has 0 unspecified atom stereocenters. The third kappa shape index (κ3) is 3.82. The van der Waals surface area contributed by atoms with Crippen LogP contribution >= 0.6 is 11.6 Å². The average molecular weight is 460 g/mol. The number of pyridine rings is 2. The lowest BCUT2D eigenvalue weighted by Crippen LogP contribution is -2.49. The van der Waals surface area contributed by atoms with Crippen LogP contribution in [0.3, 0.4) is 0 Å². The largest absolute Gasteiger partial charge is 0.353 e. The van der Waals surface area contributed by atoms with Crippen LogP contribution < -0.4 is 4.90 Å². The number of anilines is 1. The molecule has 0 spiro atoms. The van der Waals surface area contributed by atoms with Crippen LogP contribution in [0.15, 0.2) is 59.3 Å². The maximum absolute atomic E-state index is 13.8. The number of benzene rings is 1. The van der Waals surface area contributed by atoms with Crippen LogP contribution in [0.25, 0.3) is 22.4 Å². The van der Waals surface area contributed by atoms with E-state index >= 15 is 0 Å². The topological polar surface area (TPSA) is 75.4 Å². The van der Waals surface area contributed by atoms with Gasteiger partial charge in [0.25, 0.3) is 11.6 Å². The number of carbonyl (C=O) groups is 1. The second-order valence-corrected chi connectivity index (χ2v) is 9.00. The molecule has 4 aromatic rings. The van der Waals surface area contributed by atoms with Crippen molar-refractivity contribution < 1.29 is 9.32 Å². The van der Waals surface area contributed by atoms with Crippen molar-refractivity contribution in [3.05, 3.63) is 71.0 Å². The van der Waals surface area contributed by atoms with Crippen molar-refractivity contribution in [1.29, 1.82) is 0 Å². The predicted octanol–water partition coefficient (Wildman–Crippen LogP) is 4.78. The quantitative estimate of drug-likeness (QED) is 0.437. The summed E-state index contributed by atoms with van der Waals surface area (Å²) in [6, 6.07) is 15.5. The van der Waals surface area contributed by atoms with Gasteiger partial charge in [-0.15, -0.1) is 0 Å². The van der Waals surface area contributed by atoms with Crippen LogP contribution in [0, 0.1) is 0 Å². The molecule has 1 saturated carbocycles. The molecule has 1 aliphatic carbocycles. The summed E-state index contributed by atoms with van der Waals surface area (Å²) in [5, 5.41) is 5.60. The van der Waals surface area contributed by atoms with E-state index in [0.29, 0.717) is 59.5 Å². The van der Waals surface area contributed by atoms with Crippen molar-refractivity contribution in [3.63, 3.8) is 0 Å². The summed E-state index contributed by atoms with van der Waals surface area (Å²) in [7, 11) is 0. The second kappa shape index (κ2) is 8.15. The Kier molecular flexibility index (Phi) is 4.99. The Balaban J connectivity index is 1.32. The number of halogens is 1. The lowest BCUT2D eigenvalue weighted by molar-refractivity contribution is 0.0748. The summed E-state index contributed by atoms with van der Waals surface area (Å²) >= 11 is 5.97. The summed E-state index contributed by atoms with van der Waals surface area (Å²) in [4.78, 5) is 26.9. The van der Waals surface area contributed by atoms with Crippen molar-refractivity contribution in [2.24, 2.45) is 0 Å². The first kappa shape index (κ1) is 20.2. The van der Waals surface area contributed by atoms with Crippen molar-refractivity contribution >= 4 is 34.4 Å². The molecule has 2 aliphatic rings. The van der Waals surface area contributed by atoms with E-state index in [-0.39, 0.29) is 5.91 Å². The highest BCUT2D eigenvalue weighted by Crippen LogP contribution is 2.41. The highest BCUT2D eigenvalue weighted by molar-refractivity contribution is 6.30. The van der Waals surface area contributed by atoms with Crippen LogP contribution in [0.4, 0.5) is 5.82 Å². The summed E-state index contributed by atoms with van der Waals surface area (Å²) in [6.07, 6.45) is 3.84. The average Bonchev–Trinajstić information content (AvgIpc) is 3.63. The second-order valence-electron chi connectivity index (χ2n) is 8.56. The first-order chi connectivity index (χ1) is 16.2. The molecule has 2 fully saturated rings. The molecule has 0 radical (unpaired) electrons. The molecule has 6 rings (SSSR count). The number of piperazine rings is 1. The fourth-order valence-electron chi connectivity index (χ4n) is 4.38. The lowest BCUT2D eigenvalue weighted by Gasteiger charge is -2.35. The molecule has 4 heterocycles. The van der Waals surface area contributed by atoms with Gasteiger partial charge in [-0.25, -0.2) is 9.97 Å². The zero-order chi connectivity index (χ0) is 22.4. The molecular weight excluding hydrogens is 438 g/mol. The fourth-order valence-corrected chi connectivity index (χ4v) is 4.50. The minimum absolute atomic E-state index is 0.00611. The summed E-state index contributed by atoms with van der Waals surface area (Å²) in [5.41, 5.74) is 3.55. The van der Waals surface area contributed by atoms with E-state index < -0.39 is 0 Å². The number of aromatic nitrogens is 3. The number of amides is 1. The highest BCUT2D eigenvalue weighted by Gasteiger charge is 2.31. The van der Waals surface area contributed by atoms with E-state index in [0.717, 1.165) is 29.9 Å². The van der Waals surface area contributed by atoms with Gasteiger partial charge in [-0.1, -0.05) is 47.1 Å². The molecular formula is C25H22ClN5O2. The Morgan fingerprint density at radius 1 is 1.03 bits per heavy atom. The number of rotatable bonds is 4. The smallest absolute Gasteiger partial charge is 0.259 e. The molecule has 0 N–H and O–H groups in total. The van der Waals surface area contributed by atoms with Gasteiger partial charge < -0.3 is 14.3 Å². The van der Waals surface area contributed by atoms with Crippen molar-refractivity contribution in [1.82, 2.24) is 20.0 Å². The van der Waals surface area contributed by atoms with Crippen molar-refractivity contribution in [2.45, 2.75) is 18.8 Å². The maximum atomic E-state index is 13.8. The third-order valence-electron chi connectivity index (χ3n) is 6.34. The molecule has 1 amide bonds. The number of fused-ring (bicyclic) bond motifs is 1. The molecule has 1 aromatic carbocycles. The van der Waals surface area contributed by atoms with E-state index in [1.165, 1.54) is 0 Å². The van der Waals surface area contributed by atoms with Gasteiger partial charge in [0.2, 0.25) is 0 Å². The van der Waals surface area contributed by atoms with Crippen LogP contribution in [0.1, 0.15) is 34.8 Å². The van der Waals surface area contributed by atoms with E-state index in [1.54, 1.807) is 6.20 Å². The van der Waals surface area contributed by atoms with Gasteiger partial charge in [-0.05, 0) is 31.0 Å². The van der Waals surface area contributed by atoms with Crippen LogP contribution in [-0.4, -0.2) is 52.1 Å².